The Morgan fingerprint density at radius 1 is 0.875 bits per heavy atom. The summed E-state index contributed by atoms with van der Waals surface area (Å²) in [6.45, 7) is 0.770. The Bertz CT molecular complexity index is 1570. The van der Waals surface area contributed by atoms with Gasteiger partial charge in [0.15, 0.2) is 11.5 Å². The van der Waals surface area contributed by atoms with Gasteiger partial charge in [-0.25, -0.2) is 0 Å². The van der Waals surface area contributed by atoms with E-state index in [1.165, 1.54) is 20.6 Å². The van der Waals surface area contributed by atoms with E-state index < -0.39 is 0 Å². The summed E-state index contributed by atoms with van der Waals surface area (Å²) in [6.07, 6.45) is 1.68. The first-order valence-corrected chi connectivity index (χ1v) is 14.8. The summed E-state index contributed by atoms with van der Waals surface area (Å²) in [5, 5.41) is 2.58. The van der Waals surface area contributed by atoms with Crippen molar-refractivity contribution in [2.75, 3.05) is 32.6 Å². The van der Waals surface area contributed by atoms with Crippen molar-refractivity contribution in [2.24, 2.45) is 0 Å². The molecule has 0 aliphatic carbocycles. The maximum atomic E-state index is 12.9. The van der Waals surface area contributed by atoms with E-state index in [4.69, 9.17) is 25.8 Å². The van der Waals surface area contributed by atoms with Crippen LogP contribution in [0.2, 0.25) is 5.02 Å². The molecule has 6 nitrogen and oxygen atoms in total. The molecule has 0 atom stereocenters. The summed E-state index contributed by atoms with van der Waals surface area (Å²) in [5.74, 6) is 2.08. The maximum Gasteiger partial charge on any atom is 0.293 e. The van der Waals surface area contributed by atoms with E-state index in [9.17, 15) is 9.59 Å². The van der Waals surface area contributed by atoms with Gasteiger partial charge in [-0.05, 0) is 64.5 Å². The second kappa shape index (κ2) is 13.2. The predicted molar refractivity (Wildman–Crippen MR) is 163 cm³/mol. The topological polar surface area (TPSA) is 65.1 Å². The molecule has 0 radical (unpaired) electrons. The molecule has 0 bridgehead atoms. The van der Waals surface area contributed by atoms with E-state index in [1.54, 1.807) is 55.3 Å². The summed E-state index contributed by atoms with van der Waals surface area (Å²) in [7, 11) is 1.57. The normalized spacial score (nSPS) is 14.2. The number of nitrogens with zero attached hydrogens (tertiary/aromatic N) is 1. The van der Waals surface area contributed by atoms with Crippen molar-refractivity contribution in [1.29, 1.82) is 0 Å². The van der Waals surface area contributed by atoms with Crippen LogP contribution in [0.1, 0.15) is 5.56 Å². The van der Waals surface area contributed by atoms with Crippen LogP contribution in [0.25, 0.3) is 16.8 Å². The fourth-order valence-corrected chi connectivity index (χ4v) is 6.13. The van der Waals surface area contributed by atoms with Gasteiger partial charge in [-0.2, -0.15) is 0 Å². The number of hydrogen-bond donors (Lipinski definition) is 0. The third kappa shape index (κ3) is 6.58. The van der Waals surface area contributed by atoms with Crippen LogP contribution in [0, 0.1) is 0 Å². The van der Waals surface area contributed by atoms with Crippen molar-refractivity contribution in [1.82, 2.24) is 4.90 Å². The third-order valence-corrected chi connectivity index (χ3v) is 8.37. The fourth-order valence-electron chi connectivity index (χ4n) is 4.17. The van der Waals surface area contributed by atoms with Gasteiger partial charge in [0.25, 0.3) is 11.1 Å². The number of imide groups is 1. The van der Waals surface area contributed by atoms with Gasteiger partial charge in [-0.1, -0.05) is 66.2 Å². The van der Waals surface area contributed by atoms with E-state index in [0.29, 0.717) is 33.8 Å². The summed E-state index contributed by atoms with van der Waals surface area (Å²) in [6, 6.07) is 27.1. The number of amides is 2. The fraction of sp³-hybridized carbons (Fsp3) is 0.161. The molecule has 1 saturated heterocycles. The second-order valence-corrected chi connectivity index (χ2v) is 11.2. The molecule has 0 unspecified atom stereocenters. The maximum absolute atomic E-state index is 12.9. The molecular weight excluding hydrogens is 566 g/mol. The highest BCUT2D eigenvalue weighted by molar-refractivity contribution is 8.18. The number of hydrogen-bond acceptors (Lipinski definition) is 7. The SMILES string of the molecule is COc1cc(/C=C2\SC(=O)N(CCOc3ccccc3Cl)C2=O)ccc1OCCSc1cccc2ccccc12. The van der Waals surface area contributed by atoms with Crippen molar-refractivity contribution in [3.05, 3.63) is 100 Å². The minimum absolute atomic E-state index is 0.125. The molecule has 0 spiro atoms. The highest BCUT2D eigenvalue weighted by atomic mass is 35.5. The molecule has 5 rings (SSSR count). The lowest BCUT2D eigenvalue weighted by atomic mass is 10.1. The number of rotatable bonds is 11. The number of benzene rings is 4. The number of para-hydroxylation sites is 1. The molecular formula is C31H26ClNO5S2. The molecule has 0 saturated carbocycles. The molecule has 1 aliphatic heterocycles. The van der Waals surface area contributed by atoms with Crippen molar-refractivity contribution in [2.45, 2.75) is 4.90 Å². The monoisotopic (exact) mass is 591 g/mol. The molecule has 204 valence electrons. The summed E-state index contributed by atoms with van der Waals surface area (Å²) < 4.78 is 17.2. The average Bonchev–Trinajstić information content (AvgIpc) is 3.24. The Labute approximate surface area is 246 Å². The van der Waals surface area contributed by atoms with Crippen molar-refractivity contribution in [3.63, 3.8) is 0 Å². The molecule has 1 aliphatic rings. The number of thioether (sulfide) groups is 2. The van der Waals surface area contributed by atoms with Crippen LogP contribution in [0.15, 0.2) is 94.7 Å². The molecule has 9 heteroatoms. The van der Waals surface area contributed by atoms with Crippen LogP contribution in [0.5, 0.6) is 17.2 Å². The number of carbonyl (C=O) groups is 2. The molecule has 0 aromatic heterocycles. The number of ether oxygens (including phenoxy) is 3. The van der Waals surface area contributed by atoms with E-state index in [-0.39, 0.29) is 24.3 Å². The molecule has 1 heterocycles. The Kier molecular flexibility index (Phi) is 9.21. The smallest absolute Gasteiger partial charge is 0.293 e. The molecule has 40 heavy (non-hydrogen) atoms. The molecule has 4 aromatic rings. The lowest BCUT2D eigenvalue weighted by molar-refractivity contribution is -0.123. The highest BCUT2D eigenvalue weighted by Crippen LogP contribution is 2.35. The second-order valence-electron chi connectivity index (χ2n) is 8.70. The van der Waals surface area contributed by atoms with E-state index in [2.05, 4.69) is 30.3 Å². The van der Waals surface area contributed by atoms with Gasteiger partial charge in [-0.3, -0.25) is 14.5 Å². The number of halogens is 1. The van der Waals surface area contributed by atoms with Crippen LogP contribution in [-0.4, -0.2) is 48.7 Å². The van der Waals surface area contributed by atoms with Crippen LogP contribution < -0.4 is 14.2 Å². The van der Waals surface area contributed by atoms with Crippen LogP contribution in [0.4, 0.5) is 4.79 Å². The zero-order chi connectivity index (χ0) is 27.9. The third-order valence-electron chi connectivity index (χ3n) is 6.12. The van der Waals surface area contributed by atoms with E-state index in [1.807, 2.05) is 24.3 Å². The van der Waals surface area contributed by atoms with Crippen LogP contribution >= 0.6 is 35.1 Å². The Morgan fingerprint density at radius 3 is 2.50 bits per heavy atom. The standard InChI is InChI=1S/C31H26ClNO5S2/c1-36-27-19-21(13-14-26(27)38-17-18-39-28-12-6-8-22-7-2-3-9-23(22)28)20-29-30(34)33(31(35)40-29)15-16-37-25-11-5-4-10-24(25)32/h2-14,19-20H,15-18H2,1H3/b29-20-. The number of fused-ring (bicyclic) bond motifs is 1. The minimum atomic E-state index is -0.359. The average molecular weight is 592 g/mol. The van der Waals surface area contributed by atoms with Gasteiger partial charge in [0.1, 0.15) is 12.4 Å². The zero-order valence-electron chi connectivity index (χ0n) is 21.7. The lowest BCUT2D eigenvalue weighted by Crippen LogP contribution is -2.32. The Balaban J connectivity index is 1.17. The van der Waals surface area contributed by atoms with Crippen LogP contribution in [0.3, 0.4) is 0 Å². The Morgan fingerprint density at radius 2 is 1.65 bits per heavy atom. The summed E-state index contributed by atoms with van der Waals surface area (Å²) in [4.78, 5) is 28.1. The molecule has 0 N–H and O–H groups in total. The van der Waals surface area contributed by atoms with Gasteiger partial charge in [0, 0.05) is 10.6 Å². The van der Waals surface area contributed by atoms with Crippen LogP contribution in [-0.2, 0) is 4.79 Å². The number of carbonyl (C=O) groups excluding carboxylic acids is 2. The first-order valence-electron chi connectivity index (χ1n) is 12.6. The van der Waals surface area contributed by atoms with E-state index >= 15 is 0 Å². The van der Waals surface area contributed by atoms with Crippen molar-refractivity contribution < 1.29 is 23.8 Å². The minimum Gasteiger partial charge on any atom is -0.493 e. The summed E-state index contributed by atoms with van der Waals surface area (Å²) >= 11 is 8.75. The highest BCUT2D eigenvalue weighted by Gasteiger charge is 2.34. The first-order chi connectivity index (χ1) is 19.5. The van der Waals surface area contributed by atoms with Gasteiger partial charge >= 0.3 is 0 Å². The van der Waals surface area contributed by atoms with E-state index in [0.717, 1.165) is 23.1 Å². The van der Waals surface area contributed by atoms with Gasteiger partial charge in [-0.15, -0.1) is 11.8 Å². The Hall–Kier alpha value is -3.59. The number of methoxy groups -OCH3 is 1. The molecule has 4 aromatic carbocycles. The molecule has 1 fully saturated rings. The quantitative estimate of drug-likeness (QED) is 0.100. The van der Waals surface area contributed by atoms with Crippen molar-refractivity contribution >= 4 is 63.1 Å². The largest absolute Gasteiger partial charge is 0.493 e. The van der Waals surface area contributed by atoms with Gasteiger partial charge in [0.2, 0.25) is 0 Å². The summed E-state index contributed by atoms with van der Waals surface area (Å²) in [5.41, 5.74) is 0.729. The van der Waals surface area contributed by atoms with Crippen molar-refractivity contribution in [3.8, 4) is 17.2 Å². The van der Waals surface area contributed by atoms with Gasteiger partial charge in [0.05, 0.1) is 30.2 Å². The first kappa shape index (κ1) is 28.0. The van der Waals surface area contributed by atoms with Gasteiger partial charge < -0.3 is 14.2 Å². The zero-order valence-corrected chi connectivity index (χ0v) is 24.1. The molecule has 2 amide bonds. The lowest BCUT2D eigenvalue weighted by Gasteiger charge is -2.14. The predicted octanol–water partition coefficient (Wildman–Crippen LogP) is 7.79.